The number of imidazole rings is 1. The number of carboxylic acid groups (broad SMARTS) is 1. The van der Waals surface area contributed by atoms with E-state index in [0.29, 0.717) is 33.7 Å². The number of nitrogens with one attached hydrogen (secondary N) is 1. The van der Waals surface area contributed by atoms with Gasteiger partial charge in [0, 0.05) is 42.2 Å². The maximum Gasteiger partial charge on any atom is 0.573 e. The number of pyridine rings is 1. The molecule has 0 bridgehead atoms. The Balaban J connectivity index is 1.22. The van der Waals surface area contributed by atoms with Gasteiger partial charge in [0.2, 0.25) is 0 Å². The number of aromatic amines is 1. The van der Waals surface area contributed by atoms with Crippen LogP contribution in [-0.4, -0.2) is 48.5 Å². The Bertz CT molecular complexity index is 1380. The highest BCUT2D eigenvalue weighted by Gasteiger charge is 2.31. The van der Waals surface area contributed by atoms with Gasteiger partial charge in [0.1, 0.15) is 17.7 Å². The van der Waals surface area contributed by atoms with Gasteiger partial charge >= 0.3 is 18.3 Å². The van der Waals surface area contributed by atoms with Gasteiger partial charge < -0.3 is 19.6 Å². The number of rotatable bonds is 7. The van der Waals surface area contributed by atoms with E-state index in [-0.39, 0.29) is 30.2 Å². The lowest BCUT2D eigenvalue weighted by atomic mass is 9.85. The molecule has 5 rings (SSSR count). The molecule has 1 aliphatic rings. The lowest BCUT2D eigenvalue weighted by Crippen LogP contribution is -2.25. The lowest BCUT2D eigenvalue weighted by molar-refractivity contribution is -0.274. The van der Waals surface area contributed by atoms with Gasteiger partial charge in [-0.1, -0.05) is 0 Å². The summed E-state index contributed by atoms with van der Waals surface area (Å²) in [6, 6.07) is 7.71. The summed E-state index contributed by atoms with van der Waals surface area (Å²) in [6.45, 7) is 0. The maximum absolute atomic E-state index is 12.5. The molecule has 192 valence electrons. The third-order valence-electron chi connectivity index (χ3n) is 6.18. The number of aromatic nitrogens is 5. The Labute approximate surface area is 208 Å². The first-order chi connectivity index (χ1) is 17.7. The van der Waals surface area contributed by atoms with Crippen molar-refractivity contribution in [3.05, 3.63) is 48.9 Å². The van der Waals surface area contributed by atoms with Gasteiger partial charge in [-0.25, -0.2) is 15.0 Å². The van der Waals surface area contributed by atoms with Gasteiger partial charge in [-0.15, -0.1) is 13.2 Å². The van der Waals surface area contributed by atoms with Crippen LogP contribution in [0, 0.1) is 5.92 Å². The molecule has 12 heteroatoms. The Morgan fingerprint density at radius 3 is 2.38 bits per heavy atom. The third kappa shape index (κ3) is 6.13. The Morgan fingerprint density at radius 1 is 1.00 bits per heavy atom. The van der Waals surface area contributed by atoms with E-state index in [1.54, 1.807) is 30.7 Å². The summed E-state index contributed by atoms with van der Waals surface area (Å²) in [5.41, 5.74) is 2.86. The van der Waals surface area contributed by atoms with Gasteiger partial charge in [-0.3, -0.25) is 9.78 Å². The van der Waals surface area contributed by atoms with Crippen LogP contribution in [0.3, 0.4) is 0 Å². The number of alkyl halides is 3. The van der Waals surface area contributed by atoms with Crippen LogP contribution in [0.25, 0.3) is 33.7 Å². The molecule has 0 atom stereocenters. The fourth-order valence-corrected chi connectivity index (χ4v) is 4.39. The average Bonchev–Trinajstić information content (AvgIpc) is 3.28. The second-order valence-corrected chi connectivity index (χ2v) is 8.86. The predicted octanol–water partition coefficient (Wildman–Crippen LogP) is 5.39. The summed E-state index contributed by atoms with van der Waals surface area (Å²) in [4.78, 5) is 31.3. The van der Waals surface area contributed by atoms with Crippen molar-refractivity contribution in [3.63, 3.8) is 0 Å². The molecule has 0 saturated heterocycles. The van der Waals surface area contributed by atoms with E-state index in [4.69, 9.17) is 9.84 Å². The summed E-state index contributed by atoms with van der Waals surface area (Å²) in [7, 11) is 0. The second-order valence-electron chi connectivity index (χ2n) is 8.86. The highest BCUT2D eigenvalue weighted by molar-refractivity contribution is 5.80. The molecule has 0 radical (unpaired) electrons. The normalized spacial score (nSPS) is 18.0. The van der Waals surface area contributed by atoms with Gasteiger partial charge in [-0.2, -0.15) is 0 Å². The number of hydrogen-bond acceptors (Lipinski definition) is 7. The molecule has 4 aromatic rings. The van der Waals surface area contributed by atoms with Crippen molar-refractivity contribution in [1.29, 1.82) is 0 Å². The number of aliphatic carboxylic acids is 1. The molecular weight excluding hydrogens is 491 g/mol. The SMILES string of the molecule is O=C(O)CC1CCC(Oc2ncc(-c3ccc(-c4nc5ccc(OC(F)(F)F)cc5[nH]4)cn3)cn2)CC1. The van der Waals surface area contributed by atoms with E-state index < -0.39 is 12.3 Å². The zero-order chi connectivity index (χ0) is 26.0. The standard InChI is InChI=1S/C25H22F3N5O4/c26-25(27,28)37-18-6-8-20-21(10-18)33-23(32-20)15-3-7-19(29-11-15)16-12-30-24(31-13-16)36-17-4-1-14(2-5-17)9-22(34)35/h3,6-8,10-14,17H,1-2,4-5,9H2,(H,32,33)(H,34,35). The zero-order valence-corrected chi connectivity index (χ0v) is 19.4. The minimum atomic E-state index is -4.77. The first-order valence-electron chi connectivity index (χ1n) is 11.6. The molecule has 0 unspecified atom stereocenters. The zero-order valence-electron chi connectivity index (χ0n) is 19.4. The number of H-pyrrole nitrogens is 1. The largest absolute Gasteiger partial charge is 0.573 e. The molecule has 0 aliphatic heterocycles. The molecule has 0 spiro atoms. The van der Waals surface area contributed by atoms with Crippen molar-refractivity contribution in [2.45, 2.75) is 44.6 Å². The number of carbonyl (C=O) groups is 1. The maximum atomic E-state index is 12.5. The Hall–Kier alpha value is -4.22. The van der Waals surface area contributed by atoms with Gasteiger partial charge in [-0.05, 0) is 55.9 Å². The smallest absolute Gasteiger partial charge is 0.481 e. The van der Waals surface area contributed by atoms with Crippen molar-refractivity contribution >= 4 is 17.0 Å². The average molecular weight is 513 g/mol. The third-order valence-corrected chi connectivity index (χ3v) is 6.18. The van der Waals surface area contributed by atoms with Crippen LogP contribution in [0.5, 0.6) is 11.8 Å². The molecule has 3 heterocycles. The highest BCUT2D eigenvalue weighted by Crippen LogP contribution is 2.30. The number of ether oxygens (including phenoxy) is 2. The molecule has 1 fully saturated rings. The molecule has 37 heavy (non-hydrogen) atoms. The van der Waals surface area contributed by atoms with Crippen molar-refractivity contribution in [3.8, 4) is 34.4 Å². The highest BCUT2D eigenvalue weighted by atomic mass is 19.4. The Morgan fingerprint density at radius 2 is 1.73 bits per heavy atom. The monoisotopic (exact) mass is 513 g/mol. The van der Waals surface area contributed by atoms with Crippen molar-refractivity contribution in [2.75, 3.05) is 0 Å². The number of nitrogens with zero attached hydrogens (tertiary/aromatic N) is 4. The van der Waals surface area contributed by atoms with Crippen LogP contribution in [0.15, 0.2) is 48.9 Å². The first-order valence-corrected chi connectivity index (χ1v) is 11.6. The van der Waals surface area contributed by atoms with E-state index in [1.807, 2.05) is 0 Å². The summed E-state index contributed by atoms with van der Waals surface area (Å²) in [5, 5.41) is 8.93. The van der Waals surface area contributed by atoms with Gasteiger partial charge in [0.25, 0.3) is 0 Å². The summed E-state index contributed by atoms with van der Waals surface area (Å²) in [6.07, 6.45) is 3.36. The molecule has 1 saturated carbocycles. The quantitative estimate of drug-likeness (QED) is 0.337. The van der Waals surface area contributed by atoms with Crippen LogP contribution in [0.1, 0.15) is 32.1 Å². The fraction of sp³-hybridized carbons (Fsp3) is 0.320. The minimum Gasteiger partial charge on any atom is -0.481 e. The number of fused-ring (bicyclic) bond motifs is 1. The summed E-state index contributed by atoms with van der Waals surface area (Å²) >= 11 is 0. The van der Waals surface area contributed by atoms with Crippen LogP contribution in [0.4, 0.5) is 13.2 Å². The van der Waals surface area contributed by atoms with E-state index >= 15 is 0 Å². The van der Waals surface area contributed by atoms with Crippen molar-refractivity contribution < 1.29 is 32.5 Å². The number of carboxylic acids is 1. The van der Waals surface area contributed by atoms with E-state index in [0.717, 1.165) is 25.7 Å². The number of halogens is 3. The summed E-state index contributed by atoms with van der Waals surface area (Å²) < 4.78 is 47.3. The van der Waals surface area contributed by atoms with Gasteiger partial charge in [0.05, 0.1) is 16.7 Å². The van der Waals surface area contributed by atoms with E-state index in [1.165, 1.54) is 18.2 Å². The van der Waals surface area contributed by atoms with Crippen molar-refractivity contribution in [2.24, 2.45) is 5.92 Å². The number of benzene rings is 1. The molecule has 1 aromatic carbocycles. The number of hydrogen-bond donors (Lipinski definition) is 2. The molecule has 3 aromatic heterocycles. The van der Waals surface area contributed by atoms with Gasteiger partial charge in [0.15, 0.2) is 0 Å². The second kappa shape index (κ2) is 10.0. The minimum absolute atomic E-state index is 0.0341. The lowest BCUT2D eigenvalue weighted by Gasteiger charge is -2.27. The molecular formula is C25H22F3N5O4. The van der Waals surface area contributed by atoms with Crippen LogP contribution >= 0.6 is 0 Å². The first kappa shape index (κ1) is 24.5. The van der Waals surface area contributed by atoms with Crippen LogP contribution in [-0.2, 0) is 4.79 Å². The van der Waals surface area contributed by atoms with Crippen LogP contribution < -0.4 is 9.47 Å². The summed E-state index contributed by atoms with van der Waals surface area (Å²) in [5.74, 6) is -0.454. The predicted molar refractivity (Wildman–Crippen MR) is 126 cm³/mol. The molecule has 2 N–H and O–H groups in total. The molecule has 1 aliphatic carbocycles. The fourth-order valence-electron chi connectivity index (χ4n) is 4.39. The Kier molecular flexibility index (Phi) is 6.64. The van der Waals surface area contributed by atoms with Crippen LogP contribution in [0.2, 0.25) is 0 Å². The molecule has 0 amide bonds. The topological polar surface area (TPSA) is 123 Å². The van der Waals surface area contributed by atoms with E-state index in [9.17, 15) is 18.0 Å². The van der Waals surface area contributed by atoms with E-state index in [2.05, 4.69) is 29.7 Å². The van der Waals surface area contributed by atoms with Crippen molar-refractivity contribution in [1.82, 2.24) is 24.9 Å². The molecule has 9 nitrogen and oxygen atoms in total.